The van der Waals surface area contributed by atoms with Gasteiger partial charge in [-0.25, -0.2) is 13.2 Å². The number of hydrogen-bond acceptors (Lipinski definition) is 4. The fraction of sp³-hybridized carbons (Fsp3) is 0.583. The van der Waals surface area contributed by atoms with Gasteiger partial charge in [0.25, 0.3) is 0 Å². The summed E-state index contributed by atoms with van der Waals surface area (Å²) in [6.45, 7) is 2.43. The van der Waals surface area contributed by atoms with Crippen molar-refractivity contribution in [2.24, 2.45) is 0 Å². The largest absolute Gasteiger partial charge is 0.475 e. The highest BCUT2D eigenvalue weighted by molar-refractivity contribution is 7.89. The van der Waals surface area contributed by atoms with Gasteiger partial charge in [0.05, 0.1) is 0 Å². The molecule has 0 atom stereocenters. The van der Waals surface area contributed by atoms with Crippen LogP contribution in [-0.2, 0) is 10.0 Å². The number of sulfonamides is 1. The number of nitrogens with zero attached hydrogens (tertiary/aromatic N) is 1. The fourth-order valence-electron chi connectivity index (χ4n) is 2.25. The van der Waals surface area contributed by atoms with Gasteiger partial charge in [-0.3, -0.25) is 0 Å². The molecule has 0 aromatic carbocycles. The summed E-state index contributed by atoms with van der Waals surface area (Å²) < 4.78 is 31.3. The van der Waals surface area contributed by atoms with Gasteiger partial charge in [0, 0.05) is 19.2 Å². The molecule has 1 aromatic heterocycles. The van der Waals surface area contributed by atoms with Crippen LogP contribution in [0.15, 0.2) is 15.4 Å². The highest BCUT2D eigenvalue weighted by atomic mass is 32.2. The van der Waals surface area contributed by atoms with Crippen LogP contribution in [0.2, 0.25) is 0 Å². The molecule has 1 aliphatic rings. The van der Waals surface area contributed by atoms with Crippen molar-refractivity contribution in [2.45, 2.75) is 37.5 Å². The number of hydrogen-bond donors (Lipinski definition) is 1. The maximum atomic E-state index is 12.5. The van der Waals surface area contributed by atoms with E-state index < -0.39 is 16.0 Å². The predicted octanol–water partition coefficient (Wildman–Crippen LogP) is 1.85. The van der Waals surface area contributed by atoms with Crippen molar-refractivity contribution in [3.8, 4) is 0 Å². The van der Waals surface area contributed by atoms with Gasteiger partial charge in [0.1, 0.15) is 10.7 Å². The Labute approximate surface area is 112 Å². The molecule has 2 rings (SSSR count). The first-order valence-electron chi connectivity index (χ1n) is 6.27. The lowest BCUT2D eigenvalue weighted by molar-refractivity contribution is 0.0661. The highest BCUT2D eigenvalue weighted by Gasteiger charge is 2.30. The zero-order chi connectivity index (χ0) is 14.0. The second-order valence-electron chi connectivity index (χ2n) is 4.65. The van der Waals surface area contributed by atoms with Crippen molar-refractivity contribution >= 4 is 16.0 Å². The van der Waals surface area contributed by atoms with E-state index in [0.29, 0.717) is 13.1 Å². The molecule has 7 heteroatoms. The number of carboxylic acid groups (broad SMARTS) is 1. The van der Waals surface area contributed by atoms with E-state index in [-0.39, 0.29) is 16.4 Å². The molecule has 1 aromatic rings. The average Bonchev–Trinajstić information content (AvgIpc) is 2.59. The summed E-state index contributed by atoms with van der Waals surface area (Å²) in [5, 5.41) is 8.84. The number of aryl methyl sites for hydroxylation is 1. The van der Waals surface area contributed by atoms with E-state index in [1.165, 1.54) is 11.2 Å². The molecule has 0 amide bonds. The molecule has 1 fully saturated rings. The minimum Gasteiger partial charge on any atom is -0.475 e. The average molecular weight is 287 g/mol. The molecule has 0 spiro atoms. The van der Waals surface area contributed by atoms with Crippen molar-refractivity contribution in [2.75, 3.05) is 13.1 Å². The zero-order valence-electron chi connectivity index (χ0n) is 10.8. The first kappa shape index (κ1) is 14.1. The van der Waals surface area contributed by atoms with E-state index in [0.717, 1.165) is 31.7 Å². The van der Waals surface area contributed by atoms with Crippen molar-refractivity contribution < 1.29 is 22.7 Å². The lowest BCUT2D eigenvalue weighted by atomic mass is 10.2. The van der Waals surface area contributed by atoms with Gasteiger partial charge in [-0.2, -0.15) is 4.31 Å². The maximum absolute atomic E-state index is 12.5. The smallest absolute Gasteiger partial charge is 0.371 e. The monoisotopic (exact) mass is 287 g/mol. The summed E-state index contributed by atoms with van der Waals surface area (Å²) in [6.07, 6.45) is 3.72. The molecular formula is C12H17NO5S. The third-order valence-corrected chi connectivity index (χ3v) is 5.27. The van der Waals surface area contributed by atoms with Crippen molar-refractivity contribution in [1.82, 2.24) is 4.31 Å². The van der Waals surface area contributed by atoms with E-state index in [4.69, 9.17) is 9.52 Å². The van der Waals surface area contributed by atoms with E-state index in [2.05, 4.69) is 0 Å². The molecule has 1 N–H and O–H groups in total. The summed E-state index contributed by atoms with van der Waals surface area (Å²) in [5.74, 6) is -1.48. The third-order valence-electron chi connectivity index (χ3n) is 3.27. The number of carboxylic acids is 1. The summed E-state index contributed by atoms with van der Waals surface area (Å²) in [4.78, 5) is 10.8. The van der Waals surface area contributed by atoms with Crippen LogP contribution >= 0.6 is 0 Å². The van der Waals surface area contributed by atoms with Gasteiger partial charge in [0.15, 0.2) is 0 Å². The predicted molar refractivity (Wildman–Crippen MR) is 67.6 cm³/mol. The Morgan fingerprint density at radius 3 is 2.32 bits per heavy atom. The topological polar surface area (TPSA) is 87.8 Å². The highest BCUT2D eigenvalue weighted by Crippen LogP contribution is 2.25. The first-order valence-corrected chi connectivity index (χ1v) is 7.71. The molecule has 0 bridgehead atoms. The lowest BCUT2D eigenvalue weighted by Crippen LogP contribution is -2.32. The number of rotatable bonds is 3. The Morgan fingerprint density at radius 1 is 1.26 bits per heavy atom. The number of aromatic carboxylic acids is 1. The summed E-state index contributed by atoms with van der Waals surface area (Å²) in [7, 11) is -3.65. The number of furan rings is 1. The molecule has 6 nitrogen and oxygen atoms in total. The lowest BCUT2D eigenvalue weighted by Gasteiger charge is -2.19. The molecule has 2 heterocycles. The first-order chi connectivity index (χ1) is 8.93. The Morgan fingerprint density at radius 2 is 1.84 bits per heavy atom. The van der Waals surface area contributed by atoms with Crippen LogP contribution in [0.25, 0.3) is 0 Å². The zero-order valence-corrected chi connectivity index (χ0v) is 11.6. The quantitative estimate of drug-likeness (QED) is 0.916. The molecule has 0 saturated carbocycles. The SMILES string of the molecule is Cc1oc(C(=O)O)cc1S(=O)(=O)N1CCCCCC1. The van der Waals surface area contributed by atoms with Crippen molar-refractivity contribution in [3.05, 3.63) is 17.6 Å². The molecule has 0 aliphatic carbocycles. The van der Waals surface area contributed by atoms with E-state index in [1.54, 1.807) is 0 Å². The van der Waals surface area contributed by atoms with Crippen LogP contribution in [0.4, 0.5) is 0 Å². The molecule has 19 heavy (non-hydrogen) atoms. The van der Waals surface area contributed by atoms with Crippen molar-refractivity contribution in [1.29, 1.82) is 0 Å². The van der Waals surface area contributed by atoms with Crippen LogP contribution in [0.3, 0.4) is 0 Å². The number of carbonyl (C=O) groups is 1. The fourth-order valence-corrected chi connectivity index (χ4v) is 3.93. The van der Waals surface area contributed by atoms with Crippen LogP contribution in [-0.4, -0.2) is 36.9 Å². The van der Waals surface area contributed by atoms with Crippen LogP contribution in [0, 0.1) is 6.92 Å². The summed E-state index contributed by atoms with van der Waals surface area (Å²) in [5.41, 5.74) is 0. The normalized spacial score (nSPS) is 18.2. The van der Waals surface area contributed by atoms with Gasteiger partial charge in [-0.05, 0) is 19.8 Å². The Balaban J connectivity index is 2.35. The minimum absolute atomic E-state index is 0.0354. The Bertz CT molecular complexity index is 567. The van der Waals surface area contributed by atoms with Crippen LogP contribution < -0.4 is 0 Å². The molecule has 106 valence electrons. The molecule has 0 radical (unpaired) electrons. The molecule has 1 saturated heterocycles. The van der Waals surface area contributed by atoms with Crippen LogP contribution in [0.5, 0.6) is 0 Å². The van der Waals surface area contributed by atoms with Gasteiger partial charge in [-0.15, -0.1) is 0 Å². The second kappa shape index (κ2) is 5.34. The third kappa shape index (κ3) is 2.82. The second-order valence-corrected chi connectivity index (χ2v) is 6.56. The van der Waals surface area contributed by atoms with E-state index in [9.17, 15) is 13.2 Å². The Hall–Kier alpha value is -1.34. The van der Waals surface area contributed by atoms with Crippen molar-refractivity contribution in [3.63, 3.8) is 0 Å². The van der Waals surface area contributed by atoms with Crippen LogP contribution in [0.1, 0.15) is 42.0 Å². The van der Waals surface area contributed by atoms with Gasteiger partial charge < -0.3 is 9.52 Å². The summed E-state index contributed by atoms with van der Waals surface area (Å²) >= 11 is 0. The molecular weight excluding hydrogens is 270 g/mol. The Kier molecular flexibility index (Phi) is 3.96. The van der Waals surface area contributed by atoms with Gasteiger partial charge in [-0.1, -0.05) is 12.8 Å². The summed E-state index contributed by atoms with van der Waals surface area (Å²) in [6, 6.07) is 1.10. The maximum Gasteiger partial charge on any atom is 0.371 e. The molecule has 1 aliphatic heterocycles. The van der Waals surface area contributed by atoms with E-state index >= 15 is 0 Å². The molecule has 0 unspecified atom stereocenters. The standard InChI is InChI=1S/C12H17NO5S/c1-9-11(8-10(18-9)12(14)15)19(16,17)13-6-4-2-3-5-7-13/h8H,2-7H2,1H3,(H,14,15). The van der Waals surface area contributed by atoms with Gasteiger partial charge >= 0.3 is 5.97 Å². The minimum atomic E-state index is -3.65. The van der Waals surface area contributed by atoms with E-state index in [1.807, 2.05) is 0 Å². The van der Waals surface area contributed by atoms with Gasteiger partial charge in [0.2, 0.25) is 15.8 Å².